The zero-order valence-electron chi connectivity index (χ0n) is 21.2. The van der Waals surface area contributed by atoms with E-state index in [1.165, 1.54) is 6.20 Å². The first-order valence-corrected chi connectivity index (χ1v) is 13.3. The number of nitrogens with one attached hydrogen (secondary N) is 2. The van der Waals surface area contributed by atoms with E-state index < -0.39 is 56.1 Å². The molecule has 0 atom stereocenters. The fraction of sp³-hybridized carbons (Fsp3) is 0.148. The molecule has 0 spiro atoms. The van der Waals surface area contributed by atoms with Gasteiger partial charge in [0.25, 0.3) is 10.0 Å². The molecule has 0 saturated heterocycles. The number of aromatic amines is 1. The molecule has 2 aromatic carbocycles. The van der Waals surface area contributed by atoms with Gasteiger partial charge in [0.2, 0.25) is 5.88 Å². The van der Waals surface area contributed by atoms with Gasteiger partial charge in [-0.05, 0) is 24.6 Å². The van der Waals surface area contributed by atoms with Crippen molar-refractivity contribution in [2.75, 3.05) is 11.8 Å². The van der Waals surface area contributed by atoms with Crippen LogP contribution in [0.5, 0.6) is 11.6 Å². The molecule has 3 heterocycles. The standard InChI is InChI=1S/C27H22F3N5O4S/c1-15-24-18(10-16-6-4-3-5-7-16)22(13-31-26(24)34-33-15)39-14-19-20(29)8-9-21(25(19)30)35-40(36,37)23-11-17(28)12-32-27(23)38-2/h3-9,11-13,35H,10,14H2,1-2H3,(H,31,33,34). The number of pyridine rings is 2. The molecule has 5 rings (SSSR count). The summed E-state index contributed by atoms with van der Waals surface area (Å²) >= 11 is 0. The summed E-state index contributed by atoms with van der Waals surface area (Å²) in [5.41, 5.74) is 1.79. The highest BCUT2D eigenvalue weighted by Crippen LogP contribution is 2.32. The van der Waals surface area contributed by atoms with E-state index in [-0.39, 0.29) is 5.75 Å². The summed E-state index contributed by atoms with van der Waals surface area (Å²) in [4.78, 5) is 7.24. The van der Waals surface area contributed by atoms with E-state index in [2.05, 4.69) is 20.2 Å². The van der Waals surface area contributed by atoms with Gasteiger partial charge in [-0.25, -0.2) is 31.6 Å². The topological polar surface area (TPSA) is 119 Å². The number of halogens is 3. The molecule has 13 heteroatoms. The lowest BCUT2D eigenvalue weighted by Crippen LogP contribution is -2.17. The second-order valence-electron chi connectivity index (χ2n) is 8.74. The SMILES string of the molecule is COc1ncc(F)cc1S(=O)(=O)Nc1ccc(F)c(COc2cnc3[nH]nc(C)c3c2Cc2ccccc2)c1F. The van der Waals surface area contributed by atoms with Gasteiger partial charge in [-0.2, -0.15) is 5.10 Å². The molecule has 40 heavy (non-hydrogen) atoms. The Hall–Kier alpha value is -4.65. The van der Waals surface area contributed by atoms with Gasteiger partial charge in [0.05, 0.1) is 36.4 Å². The van der Waals surface area contributed by atoms with Crippen LogP contribution in [0.4, 0.5) is 18.9 Å². The molecule has 2 N–H and O–H groups in total. The third-order valence-corrected chi connectivity index (χ3v) is 7.49. The number of hydrogen-bond donors (Lipinski definition) is 2. The van der Waals surface area contributed by atoms with Gasteiger partial charge in [0, 0.05) is 23.4 Å². The van der Waals surface area contributed by atoms with Crippen molar-refractivity contribution in [3.63, 3.8) is 0 Å². The van der Waals surface area contributed by atoms with Crippen molar-refractivity contribution in [2.24, 2.45) is 0 Å². The summed E-state index contributed by atoms with van der Waals surface area (Å²) in [5, 5.41) is 7.78. The highest BCUT2D eigenvalue weighted by molar-refractivity contribution is 7.92. The second-order valence-corrected chi connectivity index (χ2v) is 10.4. The summed E-state index contributed by atoms with van der Waals surface area (Å²) in [7, 11) is -3.41. The van der Waals surface area contributed by atoms with E-state index in [1.807, 2.05) is 35.1 Å². The van der Waals surface area contributed by atoms with Crippen molar-refractivity contribution >= 4 is 26.7 Å². The van der Waals surface area contributed by atoms with Crippen molar-refractivity contribution in [2.45, 2.75) is 24.8 Å². The maximum absolute atomic E-state index is 15.5. The Morgan fingerprint density at radius 1 is 1.00 bits per heavy atom. The van der Waals surface area contributed by atoms with Gasteiger partial charge in [-0.15, -0.1) is 0 Å². The average Bonchev–Trinajstić information content (AvgIpc) is 3.32. The molecular weight excluding hydrogens is 547 g/mol. The number of aryl methyl sites for hydroxylation is 1. The van der Waals surface area contributed by atoms with Crippen molar-refractivity contribution in [1.82, 2.24) is 20.2 Å². The van der Waals surface area contributed by atoms with Crippen molar-refractivity contribution < 1.29 is 31.1 Å². The number of benzene rings is 2. The van der Waals surface area contributed by atoms with Crippen LogP contribution in [0, 0.1) is 24.4 Å². The number of hydrogen-bond acceptors (Lipinski definition) is 7. The molecule has 5 aromatic rings. The molecular formula is C27H22F3N5O4S. The van der Waals surface area contributed by atoms with E-state index in [0.29, 0.717) is 29.4 Å². The number of H-pyrrole nitrogens is 1. The Balaban J connectivity index is 1.47. The minimum atomic E-state index is -4.56. The van der Waals surface area contributed by atoms with Gasteiger partial charge in [0.1, 0.15) is 24.0 Å². The smallest absolute Gasteiger partial charge is 0.267 e. The Kier molecular flexibility index (Phi) is 7.30. The van der Waals surface area contributed by atoms with Gasteiger partial charge < -0.3 is 9.47 Å². The quantitative estimate of drug-likeness (QED) is 0.255. The summed E-state index contributed by atoms with van der Waals surface area (Å²) in [6.07, 6.45) is 2.64. The number of aromatic nitrogens is 4. The maximum atomic E-state index is 15.5. The van der Waals surface area contributed by atoms with E-state index in [1.54, 1.807) is 6.92 Å². The molecule has 0 unspecified atom stereocenters. The van der Waals surface area contributed by atoms with Gasteiger partial charge in [0.15, 0.2) is 16.4 Å². The lowest BCUT2D eigenvalue weighted by Gasteiger charge is -2.16. The van der Waals surface area contributed by atoms with Crippen LogP contribution in [-0.4, -0.2) is 35.7 Å². The van der Waals surface area contributed by atoms with Crippen LogP contribution >= 0.6 is 0 Å². The zero-order valence-corrected chi connectivity index (χ0v) is 22.0. The van der Waals surface area contributed by atoms with Gasteiger partial charge in [-0.1, -0.05) is 30.3 Å². The van der Waals surface area contributed by atoms with Crippen LogP contribution in [0.1, 0.15) is 22.4 Å². The third kappa shape index (κ3) is 5.27. The number of sulfonamides is 1. The monoisotopic (exact) mass is 569 g/mol. The third-order valence-electron chi connectivity index (χ3n) is 6.13. The molecule has 206 valence electrons. The molecule has 9 nitrogen and oxygen atoms in total. The minimum absolute atomic E-state index is 0.279. The minimum Gasteiger partial charge on any atom is -0.487 e. The fourth-order valence-electron chi connectivity index (χ4n) is 4.21. The number of fused-ring (bicyclic) bond motifs is 1. The molecule has 0 amide bonds. The Bertz CT molecular complexity index is 1810. The normalized spacial score (nSPS) is 11.5. The molecule has 0 radical (unpaired) electrons. The molecule has 0 aliphatic rings. The summed E-state index contributed by atoms with van der Waals surface area (Å²) in [5.74, 6) is -3.22. The number of anilines is 1. The van der Waals surface area contributed by atoms with E-state index in [0.717, 1.165) is 36.4 Å². The number of ether oxygens (including phenoxy) is 2. The Morgan fingerprint density at radius 2 is 1.77 bits per heavy atom. The lowest BCUT2D eigenvalue weighted by atomic mass is 10.0. The van der Waals surface area contributed by atoms with Crippen LogP contribution in [0.25, 0.3) is 11.0 Å². The second kappa shape index (κ2) is 10.8. The Morgan fingerprint density at radius 3 is 2.52 bits per heavy atom. The zero-order chi connectivity index (χ0) is 28.4. The summed E-state index contributed by atoms with van der Waals surface area (Å²) in [6, 6.07) is 12.0. The van der Waals surface area contributed by atoms with E-state index in [4.69, 9.17) is 9.47 Å². The Labute approximate surface area is 227 Å². The number of rotatable bonds is 9. The molecule has 0 bridgehead atoms. The highest BCUT2D eigenvalue weighted by Gasteiger charge is 2.25. The highest BCUT2D eigenvalue weighted by atomic mass is 32.2. The largest absolute Gasteiger partial charge is 0.487 e. The summed E-state index contributed by atoms with van der Waals surface area (Å²) < 4.78 is 82.5. The number of methoxy groups -OCH3 is 1. The molecule has 0 saturated carbocycles. The van der Waals surface area contributed by atoms with Crippen LogP contribution in [0.3, 0.4) is 0 Å². The molecule has 3 aromatic heterocycles. The van der Waals surface area contributed by atoms with E-state index >= 15 is 4.39 Å². The molecule has 0 aliphatic carbocycles. The van der Waals surface area contributed by atoms with Crippen LogP contribution in [-0.2, 0) is 23.1 Å². The van der Waals surface area contributed by atoms with Gasteiger partial charge in [-0.3, -0.25) is 9.82 Å². The van der Waals surface area contributed by atoms with Crippen LogP contribution < -0.4 is 14.2 Å². The van der Waals surface area contributed by atoms with Crippen LogP contribution in [0.15, 0.2) is 65.8 Å². The van der Waals surface area contributed by atoms with E-state index in [9.17, 15) is 17.2 Å². The lowest BCUT2D eigenvalue weighted by molar-refractivity contribution is 0.290. The predicted molar refractivity (Wildman–Crippen MR) is 140 cm³/mol. The summed E-state index contributed by atoms with van der Waals surface area (Å²) in [6.45, 7) is 1.22. The van der Waals surface area contributed by atoms with Crippen molar-refractivity contribution in [1.29, 1.82) is 0 Å². The fourth-order valence-corrected chi connectivity index (χ4v) is 5.40. The average molecular weight is 570 g/mol. The van der Waals surface area contributed by atoms with Crippen molar-refractivity contribution in [3.8, 4) is 11.6 Å². The van der Waals surface area contributed by atoms with Crippen molar-refractivity contribution in [3.05, 3.63) is 101 Å². The number of nitrogens with zero attached hydrogens (tertiary/aromatic N) is 3. The first kappa shape index (κ1) is 26.9. The maximum Gasteiger partial charge on any atom is 0.267 e. The molecule has 0 fully saturated rings. The molecule has 0 aliphatic heterocycles. The first-order chi connectivity index (χ1) is 19.2. The van der Waals surface area contributed by atoms with Crippen LogP contribution in [0.2, 0.25) is 0 Å². The van der Waals surface area contributed by atoms with Gasteiger partial charge >= 0.3 is 0 Å². The predicted octanol–water partition coefficient (Wildman–Crippen LogP) is 5.06. The first-order valence-electron chi connectivity index (χ1n) is 11.9.